The van der Waals surface area contributed by atoms with Crippen LogP contribution >= 0.6 is 12.4 Å². The first-order valence-electron chi connectivity index (χ1n) is 11.2. The SMILES string of the molecule is Cc1ccc(NC(N)=O)cc1.Cl.NC[C@H]1CC[C@H](C(=O)N[C@@H](Cc2ccccc2)C(=O)O)CC1. The summed E-state index contributed by atoms with van der Waals surface area (Å²) < 4.78 is 0. The number of hydrogen-bond donors (Lipinski definition) is 5. The number of urea groups is 1. The second-order valence-corrected chi connectivity index (χ2v) is 8.40. The summed E-state index contributed by atoms with van der Waals surface area (Å²) >= 11 is 0. The Labute approximate surface area is 206 Å². The Bertz CT molecular complexity index is 901. The van der Waals surface area contributed by atoms with Gasteiger partial charge in [0, 0.05) is 18.0 Å². The molecule has 3 rings (SSSR count). The molecule has 0 unspecified atom stereocenters. The highest BCUT2D eigenvalue weighted by molar-refractivity contribution is 5.87. The van der Waals surface area contributed by atoms with Crippen molar-refractivity contribution < 1.29 is 19.5 Å². The molecular weight excluding hydrogens is 456 g/mol. The van der Waals surface area contributed by atoms with Gasteiger partial charge in [-0.2, -0.15) is 0 Å². The lowest BCUT2D eigenvalue weighted by atomic mass is 9.81. The van der Waals surface area contributed by atoms with Crippen molar-refractivity contribution in [2.75, 3.05) is 11.9 Å². The third-order valence-corrected chi connectivity index (χ3v) is 5.77. The van der Waals surface area contributed by atoms with Crippen LogP contribution in [0.4, 0.5) is 10.5 Å². The number of nitrogens with one attached hydrogen (secondary N) is 2. The van der Waals surface area contributed by atoms with Crippen LogP contribution in [0.1, 0.15) is 36.8 Å². The van der Waals surface area contributed by atoms with E-state index in [0.717, 1.165) is 42.5 Å². The minimum atomic E-state index is -0.993. The maximum Gasteiger partial charge on any atom is 0.326 e. The van der Waals surface area contributed by atoms with Crippen LogP contribution in [0.15, 0.2) is 54.6 Å². The fraction of sp³-hybridized carbons (Fsp3) is 0.400. The summed E-state index contributed by atoms with van der Waals surface area (Å²) in [5.74, 6) is -0.712. The molecule has 0 spiro atoms. The summed E-state index contributed by atoms with van der Waals surface area (Å²) in [6, 6.07) is 15.4. The first-order valence-corrected chi connectivity index (χ1v) is 11.2. The lowest BCUT2D eigenvalue weighted by Gasteiger charge is -2.27. The Kier molecular flexibility index (Phi) is 12.7. The summed E-state index contributed by atoms with van der Waals surface area (Å²) in [6.45, 7) is 2.65. The number of rotatable bonds is 7. The molecule has 8 nitrogen and oxygen atoms in total. The molecule has 1 saturated carbocycles. The largest absolute Gasteiger partial charge is 0.480 e. The van der Waals surface area contributed by atoms with Crippen LogP contribution in [0.25, 0.3) is 0 Å². The average Bonchev–Trinajstić information content (AvgIpc) is 2.81. The lowest BCUT2D eigenvalue weighted by molar-refractivity contribution is -0.142. The van der Waals surface area contributed by atoms with Crippen molar-refractivity contribution in [1.82, 2.24) is 5.32 Å². The van der Waals surface area contributed by atoms with Gasteiger partial charge in [-0.25, -0.2) is 9.59 Å². The minimum Gasteiger partial charge on any atom is -0.480 e. The van der Waals surface area contributed by atoms with Gasteiger partial charge in [0.25, 0.3) is 0 Å². The number of carbonyl (C=O) groups is 3. The zero-order valence-corrected chi connectivity index (χ0v) is 20.2. The highest BCUT2D eigenvalue weighted by Gasteiger charge is 2.29. The molecule has 1 aliphatic rings. The monoisotopic (exact) mass is 490 g/mol. The van der Waals surface area contributed by atoms with Crippen molar-refractivity contribution >= 4 is 36.0 Å². The van der Waals surface area contributed by atoms with Crippen LogP contribution < -0.4 is 22.1 Å². The van der Waals surface area contributed by atoms with Crippen LogP contribution in [-0.2, 0) is 16.0 Å². The van der Waals surface area contributed by atoms with Gasteiger partial charge in [-0.05, 0) is 62.8 Å². The first-order chi connectivity index (χ1) is 15.8. The van der Waals surface area contributed by atoms with Crippen molar-refractivity contribution in [2.45, 2.75) is 45.1 Å². The number of amides is 3. The van der Waals surface area contributed by atoms with Crippen LogP contribution in [0, 0.1) is 18.8 Å². The van der Waals surface area contributed by atoms with Gasteiger partial charge in [-0.3, -0.25) is 4.79 Å². The van der Waals surface area contributed by atoms with E-state index in [1.54, 1.807) is 12.1 Å². The second kappa shape index (κ2) is 14.9. The topological polar surface area (TPSA) is 148 Å². The van der Waals surface area contributed by atoms with E-state index in [1.165, 1.54) is 0 Å². The summed E-state index contributed by atoms with van der Waals surface area (Å²) in [4.78, 5) is 34.0. The van der Waals surface area contributed by atoms with E-state index in [-0.39, 0.29) is 24.2 Å². The molecule has 0 heterocycles. The molecular formula is C25H35ClN4O4. The number of benzene rings is 2. The van der Waals surface area contributed by atoms with Crippen molar-refractivity contribution in [3.8, 4) is 0 Å². The average molecular weight is 491 g/mol. The Balaban J connectivity index is 0.000000407. The molecule has 1 fully saturated rings. The summed E-state index contributed by atoms with van der Waals surface area (Å²) in [5.41, 5.74) is 13.3. The summed E-state index contributed by atoms with van der Waals surface area (Å²) in [6.07, 6.45) is 3.80. The summed E-state index contributed by atoms with van der Waals surface area (Å²) in [5, 5.41) is 14.5. The van der Waals surface area contributed by atoms with Gasteiger partial charge >= 0.3 is 12.0 Å². The number of aliphatic carboxylic acids is 1. The molecule has 0 radical (unpaired) electrons. The standard InChI is InChI=1S/C17H24N2O3.C8H10N2O.ClH/c18-11-13-6-8-14(9-7-13)16(20)19-15(17(21)22)10-12-4-2-1-3-5-12;1-6-2-4-7(5-3-6)10-8(9)11;/h1-5,13-15H,6-11,18H2,(H,19,20)(H,21,22);2-5H,1H3,(H3,9,10,11);1H/t13-,14-,15-;;/m0../s1. The summed E-state index contributed by atoms with van der Waals surface area (Å²) in [7, 11) is 0. The zero-order valence-electron chi connectivity index (χ0n) is 19.4. The fourth-order valence-corrected chi connectivity index (χ4v) is 3.78. The molecule has 2 aromatic carbocycles. The minimum absolute atomic E-state index is 0. The first kappa shape index (κ1) is 28.9. The maximum atomic E-state index is 12.3. The Morgan fingerprint density at radius 3 is 2.09 bits per heavy atom. The molecule has 7 N–H and O–H groups in total. The number of aryl methyl sites for hydroxylation is 1. The molecule has 2 aromatic rings. The van der Waals surface area contributed by atoms with Gasteiger partial charge < -0.3 is 27.2 Å². The number of anilines is 1. The van der Waals surface area contributed by atoms with Crippen LogP contribution in [0.5, 0.6) is 0 Å². The highest BCUT2D eigenvalue weighted by Crippen LogP contribution is 2.28. The van der Waals surface area contributed by atoms with Crippen LogP contribution in [-0.4, -0.2) is 35.6 Å². The number of hydrogen-bond acceptors (Lipinski definition) is 4. The number of carboxylic acid groups (broad SMARTS) is 1. The van der Waals surface area contributed by atoms with Gasteiger partial charge in [0.05, 0.1) is 0 Å². The van der Waals surface area contributed by atoms with E-state index in [9.17, 15) is 19.5 Å². The Hall–Kier alpha value is -3.10. The number of carboxylic acids is 1. The molecule has 3 amide bonds. The van der Waals surface area contributed by atoms with E-state index in [2.05, 4.69) is 10.6 Å². The molecule has 186 valence electrons. The van der Waals surface area contributed by atoms with Gasteiger partial charge in [-0.1, -0.05) is 48.0 Å². The van der Waals surface area contributed by atoms with E-state index in [0.29, 0.717) is 18.9 Å². The number of nitrogens with two attached hydrogens (primary N) is 2. The predicted molar refractivity (Wildman–Crippen MR) is 136 cm³/mol. The number of halogens is 1. The van der Waals surface area contributed by atoms with Crippen molar-refractivity contribution in [2.24, 2.45) is 23.3 Å². The molecule has 0 aliphatic heterocycles. The van der Waals surface area contributed by atoms with E-state index in [4.69, 9.17) is 11.5 Å². The second-order valence-electron chi connectivity index (χ2n) is 8.40. The maximum absolute atomic E-state index is 12.3. The third kappa shape index (κ3) is 10.2. The number of primary amides is 1. The van der Waals surface area contributed by atoms with E-state index < -0.39 is 18.0 Å². The fourth-order valence-electron chi connectivity index (χ4n) is 3.78. The quantitative estimate of drug-likeness (QED) is 0.403. The Morgan fingerprint density at radius 1 is 1.00 bits per heavy atom. The zero-order chi connectivity index (χ0) is 24.2. The van der Waals surface area contributed by atoms with Crippen LogP contribution in [0.2, 0.25) is 0 Å². The molecule has 1 atom stereocenters. The van der Waals surface area contributed by atoms with Crippen molar-refractivity contribution in [1.29, 1.82) is 0 Å². The lowest BCUT2D eigenvalue weighted by Crippen LogP contribution is -2.45. The molecule has 34 heavy (non-hydrogen) atoms. The molecule has 0 aromatic heterocycles. The normalized spacial score (nSPS) is 17.7. The Morgan fingerprint density at radius 2 is 1.59 bits per heavy atom. The van der Waals surface area contributed by atoms with Crippen molar-refractivity contribution in [3.05, 3.63) is 65.7 Å². The smallest absolute Gasteiger partial charge is 0.326 e. The van der Waals surface area contributed by atoms with Gasteiger partial charge in [-0.15, -0.1) is 12.4 Å². The highest BCUT2D eigenvalue weighted by atomic mass is 35.5. The van der Waals surface area contributed by atoms with Gasteiger partial charge in [0.1, 0.15) is 6.04 Å². The van der Waals surface area contributed by atoms with Gasteiger partial charge in [0.15, 0.2) is 0 Å². The van der Waals surface area contributed by atoms with E-state index in [1.807, 2.05) is 49.4 Å². The predicted octanol–water partition coefficient (Wildman–Crippen LogP) is 3.47. The molecule has 0 saturated heterocycles. The van der Waals surface area contributed by atoms with Crippen LogP contribution in [0.3, 0.4) is 0 Å². The van der Waals surface area contributed by atoms with Crippen molar-refractivity contribution in [3.63, 3.8) is 0 Å². The number of carbonyl (C=O) groups excluding carboxylic acids is 2. The van der Waals surface area contributed by atoms with Gasteiger partial charge in [0.2, 0.25) is 5.91 Å². The third-order valence-electron chi connectivity index (χ3n) is 5.77. The van der Waals surface area contributed by atoms with E-state index >= 15 is 0 Å². The molecule has 9 heteroatoms. The molecule has 0 bridgehead atoms. The molecule has 1 aliphatic carbocycles.